The summed E-state index contributed by atoms with van der Waals surface area (Å²) >= 11 is 0. The Labute approximate surface area is 116 Å². The molecule has 19 heavy (non-hydrogen) atoms. The lowest BCUT2D eigenvalue weighted by Crippen LogP contribution is -2.73. The Morgan fingerprint density at radius 2 is 1.95 bits per heavy atom. The maximum atomic E-state index is 10.6. The van der Waals surface area contributed by atoms with Crippen LogP contribution in [0.1, 0.15) is 45.4 Å². The van der Waals surface area contributed by atoms with Gasteiger partial charge in [-0.3, -0.25) is 4.90 Å². The Kier molecular flexibility index (Phi) is 2.78. The highest BCUT2D eigenvalue weighted by Gasteiger charge is 2.63. The molecule has 3 heteroatoms. The van der Waals surface area contributed by atoms with Crippen molar-refractivity contribution in [1.82, 2.24) is 4.90 Å². The summed E-state index contributed by atoms with van der Waals surface area (Å²) < 4.78 is 0. The van der Waals surface area contributed by atoms with Gasteiger partial charge >= 0.3 is 0 Å². The third-order valence-electron chi connectivity index (χ3n) is 6.73. The number of nitrogens with zero attached hydrogens (tertiary/aromatic N) is 1. The van der Waals surface area contributed by atoms with Gasteiger partial charge in [0, 0.05) is 18.0 Å². The molecule has 2 saturated carbocycles. The second-order valence-electron chi connectivity index (χ2n) is 7.79. The number of rotatable bonds is 0. The third kappa shape index (κ3) is 1.61. The van der Waals surface area contributed by atoms with E-state index in [2.05, 4.69) is 11.8 Å². The monoisotopic (exact) mass is 265 g/mol. The molecule has 4 fully saturated rings. The minimum absolute atomic E-state index is 0.0909. The normalized spacial score (nSPS) is 57.6. The number of hydrogen-bond donors (Lipinski definition) is 2. The van der Waals surface area contributed by atoms with Gasteiger partial charge in [0.2, 0.25) is 0 Å². The van der Waals surface area contributed by atoms with Crippen molar-refractivity contribution in [3.8, 4) is 0 Å². The molecule has 7 unspecified atom stereocenters. The quantitative estimate of drug-likeness (QED) is 0.699. The van der Waals surface area contributed by atoms with Crippen LogP contribution in [0, 0.1) is 23.7 Å². The number of hydrogen-bond acceptors (Lipinski definition) is 3. The Morgan fingerprint density at radius 3 is 2.79 bits per heavy atom. The molecule has 4 rings (SSSR count). The van der Waals surface area contributed by atoms with E-state index in [1.807, 2.05) is 0 Å². The number of β-amino-alcohol motifs (C(OH)–C–C–N with tert-alkyl or cyclic N) is 1. The molecule has 2 heterocycles. The van der Waals surface area contributed by atoms with Crippen molar-refractivity contribution in [1.29, 1.82) is 0 Å². The predicted molar refractivity (Wildman–Crippen MR) is 73.7 cm³/mol. The zero-order valence-corrected chi connectivity index (χ0v) is 12.0. The fraction of sp³-hybridized carbons (Fsp3) is 1.00. The molecule has 2 saturated heterocycles. The Hall–Kier alpha value is -0.120. The van der Waals surface area contributed by atoms with Gasteiger partial charge in [0.05, 0.1) is 12.2 Å². The molecule has 2 aliphatic heterocycles. The number of aliphatic hydroxyl groups excluding tert-OH is 2. The van der Waals surface area contributed by atoms with Gasteiger partial charge in [-0.25, -0.2) is 0 Å². The third-order valence-corrected chi connectivity index (χ3v) is 6.73. The van der Waals surface area contributed by atoms with Crippen molar-refractivity contribution in [3.05, 3.63) is 0 Å². The van der Waals surface area contributed by atoms with Gasteiger partial charge in [-0.05, 0) is 62.8 Å². The van der Waals surface area contributed by atoms with Crippen molar-refractivity contribution >= 4 is 0 Å². The predicted octanol–water partition coefficient (Wildman–Crippen LogP) is 1.63. The second kappa shape index (κ2) is 4.19. The summed E-state index contributed by atoms with van der Waals surface area (Å²) in [5.74, 6) is 2.54. The SMILES string of the molecule is CC1CC2CC(O)C3CCCN4CC(O)CC2C34C1. The number of piperidine rings is 2. The van der Waals surface area contributed by atoms with E-state index in [9.17, 15) is 10.2 Å². The van der Waals surface area contributed by atoms with E-state index in [0.29, 0.717) is 17.8 Å². The molecule has 7 atom stereocenters. The lowest BCUT2D eigenvalue weighted by atomic mass is 9.48. The van der Waals surface area contributed by atoms with Crippen molar-refractivity contribution < 1.29 is 10.2 Å². The minimum Gasteiger partial charge on any atom is -0.393 e. The van der Waals surface area contributed by atoms with Crippen LogP contribution in [0.2, 0.25) is 0 Å². The van der Waals surface area contributed by atoms with Crippen molar-refractivity contribution in [2.24, 2.45) is 23.7 Å². The average molecular weight is 265 g/mol. The highest BCUT2D eigenvalue weighted by Crippen LogP contribution is 2.60. The molecule has 4 aliphatic rings. The first-order valence-electron chi connectivity index (χ1n) is 8.22. The molecule has 2 N–H and O–H groups in total. The Bertz CT molecular complexity index is 374. The van der Waals surface area contributed by atoms with Gasteiger partial charge in [0.1, 0.15) is 0 Å². The summed E-state index contributed by atoms with van der Waals surface area (Å²) in [6.07, 6.45) is 6.65. The van der Waals surface area contributed by atoms with Crippen molar-refractivity contribution in [3.63, 3.8) is 0 Å². The van der Waals surface area contributed by atoms with E-state index < -0.39 is 0 Å². The summed E-state index contributed by atoms with van der Waals surface area (Å²) in [6, 6.07) is 0. The van der Waals surface area contributed by atoms with Crippen molar-refractivity contribution in [2.75, 3.05) is 13.1 Å². The van der Waals surface area contributed by atoms with E-state index >= 15 is 0 Å². The van der Waals surface area contributed by atoms with Gasteiger partial charge in [0.25, 0.3) is 0 Å². The molecule has 3 nitrogen and oxygen atoms in total. The summed E-state index contributed by atoms with van der Waals surface area (Å²) in [5.41, 5.74) is 0.234. The molecule has 0 radical (unpaired) electrons. The largest absolute Gasteiger partial charge is 0.393 e. The molecule has 0 amide bonds. The van der Waals surface area contributed by atoms with Crippen LogP contribution in [0.3, 0.4) is 0 Å². The average Bonchev–Trinajstić information content (AvgIpc) is 2.34. The van der Waals surface area contributed by atoms with E-state index in [4.69, 9.17) is 0 Å². The van der Waals surface area contributed by atoms with Crippen molar-refractivity contribution in [2.45, 2.75) is 63.2 Å². The molecule has 0 aromatic rings. The first kappa shape index (κ1) is 12.6. The van der Waals surface area contributed by atoms with Crippen LogP contribution in [0.4, 0.5) is 0 Å². The topological polar surface area (TPSA) is 43.7 Å². The summed E-state index contributed by atoms with van der Waals surface area (Å²) in [5, 5.41) is 20.9. The maximum absolute atomic E-state index is 10.6. The molecule has 1 spiro atoms. The zero-order valence-electron chi connectivity index (χ0n) is 12.0. The number of aliphatic hydroxyl groups is 2. The van der Waals surface area contributed by atoms with E-state index in [-0.39, 0.29) is 17.7 Å². The zero-order chi connectivity index (χ0) is 13.2. The summed E-state index contributed by atoms with van der Waals surface area (Å²) in [7, 11) is 0. The van der Waals surface area contributed by atoms with Crippen LogP contribution < -0.4 is 0 Å². The van der Waals surface area contributed by atoms with Crippen LogP contribution >= 0.6 is 0 Å². The van der Waals surface area contributed by atoms with Crippen LogP contribution in [-0.4, -0.2) is 45.9 Å². The van der Waals surface area contributed by atoms with Gasteiger partial charge in [-0.2, -0.15) is 0 Å². The van der Waals surface area contributed by atoms with Gasteiger partial charge in [-0.15, -0.1) is 0 Å². The first-order valence-corrected chi connectivity index (χ1v) is 8.22. The Morgan fingerprint density at radius 1 is 1.11 bits per heavy atom. The summed E-state index contributed by atoms with van der Waals surface area (Å²) in [4.78, 5) is 2.59. The van der Waals surface area contributed by atoms with Gasteiger partial charge in [-0.1, -0.05) is 6.92 Å². The highest BCUT2D eigenvalue weighted by atomic mass is 16.3. The smallest absolute Gasteiger partial charge is 0.0670 e. The second-order valence-corrected chi connectivity index (χ2v) is 7.79. The molecule has 2 aliphatic carbocycles. The van der Waals surface area contributed by atoms with Crippen LogP contribution in [0.5, 0.6) is 0 Å². The standard InChI is InChI=1S/C16H27NO2/c1-10-5-11-6-15(19)13-3-2-4-17-9-12(18)7-14(11)16(13,17)8-10/h10-15,18-19H,2-9H2,1H3. The maximum Gasteiger partial charge on any atom is 0.0670 e. The van der Waals surface area contributed by atoms with Crippen LogP contribution in [0.25, 0.3) is 0 Å². The lowest BCUT2D eigenvalue weighted by Gasteiger charge is -2.68. The van der Waals surface area contributed by atoms with E-state index in [1.54, 1.807) is 0 Å². The Balaban J connectivity index is 1.79. The highest BCUT2D eigenvalue weighted by molar-refractivity contribution is 5.16. The molecule has 0 aromatic carbocycles. The molecule has 108 valence electrons. The molecule has 0 aromatic heterocycles. The molecular weight excluding hydrogens is 238 g/mol. The van der Waals surface area contributed by atoms with Crippen LogP contribution in [0.15, 0.2) is 0 Å². The summed E-state index contributed by atoms with van der Waals surface area (Å²) in [6.45, 7) is 4.37. The van der Waals surface area contributed by atoms with E-state index in [0.717, 1.165) is 31.8 Å². The van der Waals surface area contributed by atoms with E-state index in [1.165, 1.54) is 25.7 Å². The van der Waals surface area contributed by atoms with Gasteiger partial charge < -0.3 is 10.2 Å². The minimum atomic E-state index is -0.136. The lowest BCUT2D eigenvalue weighted by molar-refractivity contribution is -0.212. The fourth-order valence-electron chi connectivity index (χ4n) is 6.41. The van der Waals surface area contributed by atoms with Gasteiger partial charge in [0.15, 0.2) is 0 Å². The first-order chi connectivity index (χ1) is 9.11. The fourth-order valence-corrected chi connectivity index (χ4v) is 6.41. The molecular formula is C16H27NO2. The molecule has 2 bridgehead atoms. The van der Waals surface area contributed by atoms with Crippen LogP contribution in [-0.2, 0) is 0 Å².